The molecule has 0 fully saturated rings. The molecule has 0 saturated heterocycles. The highest BCUT2D eigenvalue weighted by Gasteiger charge is 2.23. The average molecular weight is 412 g/mol. The Bertz CT molecular complexity index is 572. The molecule has 2 unspecified atom stereocenters. The summed E-state index contributed by atoms with van der Waals surface area (Å²) in [5.74, 6) is 0.295. The van der Waals surface area contributed by atoms with Crippen molar-refractivity contribution in [2.75, 3.05) is 6.54 Å². The van der Waals surface area contributed by atoms with Crippen molar-refractivity contribution in [2.24, 2.45) is 0 Å². The number of hydrogen-bond donors (Lipinski definition) is 1. The van der Waals surface area contributed by atoms with Gasteiger partial charge in [0, 0.05) is 32.8 Å². The Morgan fingerprint density at radius 1 is 1.19 bits per heavy atom. The van der Waals surface area contributed by atoms with Crippen LogP contribution in [0.4, 0.5) is 0 Å². The van der Waals surface area contributed by atoms with Crippen molar-refractivity contribution in [2.45, 2.75) is 32.2 Å². The number of rotatable bonds is 6. The van der Waals surface area contributed by atoms with Crippen molar-refractivity contribution >= 4 is 31.9 Å². The predicted molar refractivity (Wildman–Crippen MR) is 95.5 cm³/mol. The highest BCUT2D eigenvalue weighted by molar-refractivity contribution is 9.11. The van der Waals surface area contributed by atoms with Gasteiger partial charge < -0.3 is 5.32 Å². The molecular weight excluding hydrogens is 392 g/mol. The second-order valence-electron chi connectivity index (χ2n) is 5.14. The monoisotopic (exact) mass is 410 g/mol. The van der Waals surface area contributed by atoms with Gasteiger partial charge in [-0.1, -0.05) is 51.8 Å². The second kappa shape index (κ2) is 8.06. The van der Waals surface area contributed by atoms with Crippen molar-refractivity contribution in [3.63, 3.8) is 0 Å². The Morgan fingerprint density at radius 2 is 2.00 bits per heavy atom. The molecule has 1 N–H and O–H groups in total. The SMILES string of the molecule is CCCNC(c1cc(Br)ccc1Br)C(C)c1ccccn1. The summed E-state index contributed by atoms with van der Waals surface area (Å²) < 4.78 is 2.22. The molecule has 0 saturated carbocycles. The third-order valence-electron chi connectivity index (χ3n) is 3.56. The zero-order valence-corrected chi connectivity index (χ0v) is 15.5. The summed E-state index contributed by atoms with van der Waals surface area (Å²) in [6.07, 6.45) is 2.97. The van der Waals surface area contributed by atoms with Crippen LogP contribution in [0, 0.1) is 0 Å². The Balaban J connectivity index is 2.36. The van der Waals surface area contributed by atoms with Gasteiger partial charge in [-0.25, -0.2) is 0 Å². The molecule has 0 radical (unpaired) electrons. The van der Waals surface area contributed by atoms with Gasteiger partial charge in [0.25, 0.3) is 0 Å². The Morgan fingerprint density at radius 3 is 2.67 bits per heavy atom. The van der Waals surface area contributed by atoms with E-state index in [-0.39, 0.29) is 6.04 Å². The van der Waals surface area contributed by atoms with Crippen LogP contribution in [0.25, 0.3) is 0 Å². The van der Waals surface area contributed by atoms with Crippen molar-refractivity contribution in [1.82, 2.24) is 10.3 Å². The van der Waals surface area contributed by atoms with E-state index in [9.17, 15) is 0 Å². The quantitative estimate of drug-likeness (QED) is 0.683. The van der Waals surface area contributed by atoms with Gasteiger partial charge in [0.05, 0.1) is 0 Å². The first kappa shape index (κ1) is 16.7. The van der Waals surface area contributed by atoms with Gasteiger partial charge in [-0.2, -0.15) is 0 Å². The smallest absolute Gasteiger partial charge is 0.0450 e. The predicted octanol–water partition coefficient (Wildman–Crippen LogP) is 5.45. The summed E-state index contributed by atoms with van der Waals surface area (Å²) in [5.41, 5.74) is 2.37. The number of aromatic nitrogens is 1. The average Bonchev–Trinajstić information content (AvgIpc) is 2.51. The fourth-order valence-corrected chi connectivity index (χ4v) is 3.30. The van der Waals surface area contributed by atoms with Crippen LogP contribution in [0.1, 0.15) is 43.5 Å². The molecule has 2 nitrogen and oxygen atoms in total. The van der Waals surface area contributed by atoms with Gasteiger partial charge in [-0.15, -0.1) is 0 Å². The van der Waals surface area contributed by atoms with Crippen LogP contribution >= 0.6 is 31.9 Å². The molecular formula is C17H20Br2N2. The third-order valence-corrected chi connectivity index (χ3v) is 4.78. The van der Waals surface area contributed by atoms with E-state index in [0.717, 1.165) is 27.6 Å². The van der Waals surface area contributed by atoms with Crippen LogP contribution in [0.5, 0.6) is 0 Å². The van der Waals surface area contributed by atoms with Crippen LogP contribution in [0.2, 0.25) is 0 Å². The molecule has 2 atom stereocenters. The molecule has 4 heteroatoms. The van der Waals surface area contributed by atoms with Crippen molar-refractivity contribution in [3.05, 3.63) is 62.8 Å². The van der Waals surface area contributed by atoms with Crippen LogP contribution in [-0.2, 0) is 0 Å². The van der Waals surface area contributed by atoms with E-state index in [1.807, 2.05) is 18.3 Å². The molecule has 112 valence electrons. The Kier molecular flexibility index (Phi) is 6.40. The molecule has 0 bridgehead atoms. The van der Waals surface area contributed by atoms with Crippen LogP contribution in [0.15, 0.2) is 51.5 Å². The highest BCUT2D eigenvalue weighted by atomic mass is 79.9. The molecule has 0 amide bonds. The first-order valence-corrected chi connectivity index (χ1v) is 8.81. The molecule has 1 heterocycles. The van der Waals surface area contributed by atoms with Gasteiger partial charge in [0.1, 0.15) is 0 Å². The lowest BCUT2D eigenvalue weighted by atomic mass is 9.91. The lowest BCUT2D eigenvalue weighted by molar-refractivity contribution is 0.458. The summed E-state index contributed by atoms with van der Waals surface area (Å²) in [6.45, 7) is 5.40. The summed E-state index contributed by atoms with van der Waals surface area (Å²) >= 11 is 7.26. The van der Waals surface area contributed by atoms with E-state index in [4.69, 9.17) is 0 Å². The first-order chi connectivity index (χ1) is 10.1. The van der Waals surface area contributed by atoms with Crippen molar-refractivity contribution < 1.29 is 0 Å². The summed E-state index contributed by atoms with van der Waals surface area (Å²) in [4.78, 5) is 4.52. The molecule has 0 aliphatic carbocycles. The van der Waals surface area contributed by atoms with Gasteiger partial charge in [-0.3, -0.25) is 4.98 Å². The molecule has 1 aromatic carbocycles. The van der Waals surface area contributed by atoms with Crippen LogP contribution in [0.3, 0.4) is 0 Å². The summed E-state index contributed by atoms with van der Waals surface area (Å²) in [6, 6.07) is 12.6. The number of pyridine rings is 1. The fraction of sp³-hybridized carbons (Fsp3) is 0.353. The van der Waals surface area contributed by atoms with E-state index in [2.05, 4.69) is 80.3 Å². The minimum absolute atomic E-state index is 0.228. The van der Waals surface area contributed by atoms with E-state index in [1.54, 1.807) is 0 Å². The maximum absolute atomic E-state index is 4.52. The standard InChI is InChI=1S/C17H20Br2N2/c1-3-9-21-17(12(2)16-6-4-5-10-20-16)14-11-13(18)7-8-15(14)19/h4-8,10-12,17,21H,3,9H2,1-2H3. The Labute approximate surface area is 143 Å². The van der Waals surface area contributed by atoms with Crippen molar-refractivity contribution in [1.29, 1.82) is 0 Å². The molecule has 2 aromatic rings. The van der Waals surface area contributed by atoms with E-state index in [0.29, 0.717) is 5.92 Å². The lowest BCUT2D eigenvalue weighted by Crippen LogP contribution is -2.27. The molecule has 0 aliphatic rings. The van der Waals surface area contributed by atoms with Gasteiger partial charge in [0.2, 0.25) is 0 Å². The largest absolute Gasteiger partial charge is 0.309 e. The number of benzene rings is 1. The zero-order chi connectivity index (χ0) is 15.2. The van der Waals surface area contributed by atoms with E-state index < -0.39 is 0 Å². The number of nitrogens with one attached hydrogen (secondary N) is 1. The van der Waals surface area contributed by atoms with Crippen LogP contribution < -0.4 is 5.32 Å². The van der Waals surface area contributed by atoms with E-state index in [1.165, 1.54) is 5.56 Å². The maximum atomic E-state index is 4.52. The van der Waals surface area contributed by atoms with Crippen LogP contribution in [-0.4, -0.2) is 11.5 Å². The third kappa shape index (κ3) is 4.38. The normalized spacial score (nSPS) is 13.9. The molecule has 2 rings (SSSR count). The molecule has 21 heavy (non-hydrogen) atoms. The topological polar surface area (TPSA) is 24.9 Å². The maximum Gasteiger partial charge on any atom is 0.0450 e. The minimum atomic E-state index is 0.228. The lowest BCUT2D eigenvalue weighted by Gasteiger charge is -2.26. The van der Waals surface area contributed by atoms with Gasteiger partial charge in [-0.05, 0) is 48.9 Å². The number of nitrogens with zero attached hydrogens (tertiary/aromatic N) is 1. The second-order valence-corrected chi connectivity index (χ2v) is 6.91. The summed E-state index contributed by atoms with van der Waals surface area (Å²) in [7, 11) is 0. The van der Waals surface area contributed by atoms with Gasteiger partial charge >= 0.3 is 0 Å². The molecule has 0 spiro atoms. The van der Waals surface area contributed by atoms with E-state index >= 15 is 0 Å². The van der Waals surface area contributed by atoms with Gasteiger partial charge in [0.15, 0.2) is 0 Å². The molecule has 0 aliphatic heterocycles. The molecule has 1 aromatic heterocycles. The first-order valence-electron chi connectivity index (χ1n) is 7.22. The highest BCUT2D eigenvalue weighted by Crippen LogP contribution is 2.35. The zero-order valence-electron chi connectivity index (χ0n) is 12.3. The minimum Gasteiger partial charge on any atom is -0.309 e. The number of halogens is 2. The van der Waals surface area contributed by atoms with Crippen molar-refractivity contribution in [3.8, 4) is 0 Å². The Hall–Kier alpha value is -0.710. The fourth-order valence-electron chi connectivity index (χ4n) is 2.42. The summed E-state index contributed by atoms with van der Waals surface area (Å²) in [5, 5.41) is 3.66. The number of hydrogen-bond acceptors (Lipinski definition) is 2.